The number of carbonyl (C=O) groups excluding carboxylic acids is 1. The van der Waals surface area contributed by atoms with E-state index in [4.69, 9.17) is 0 Å². The number of rotatable bonds is 6. The second-order valence-corrected chi connectivity index (χ2v) is 8.55. The zero-order chi connectivity index (χ0) is 22.5. The fourth-order valence-corrected chi connectivity index (χ4v) is 4.67. The lowest BCUT2D eigenvalue weighted by Gasteiger charge is -2.11. The fraction of sp³-hybridized carbons (Fsp3) is 0.0370. The third kappa shape index (κ3) is 4.91. The van der Waals surface area contributed by atoms with Crippen LogP contribution < -0.4 is 10.6 Å². The van der Waals surface area contributed by atoms with Crippen molar-refractivity contribution in [2.24, 2.45) is 0 Å². The Labute approximate surface area is 196 Å². The lowest BCUT2D eigenvalue weighted by molar-refractivity contribution is 0.251. The second kappa shape index (κ2) is 9.63. The molecule has 5 nitrogen and oxygen atoms in total. The molecule has 2 aromatic heterocycles. The number of hydrogen-bond donors (Lipinski definition) is 2. The third-order valence-electron chi connectivity index (χ3n) is 5.26. The summed E-state index contributed by atoms with van der Waals surface area (Å²) in [5.74, 6) is 0. The van der Waals surface area contributed by atoms with Gasteiger partial charge in [-0.3, -0.25) is 8.96 Å². The highest BCUT2D eigenvalue weighted by Gasteiger charge is 2.10. The average molecular weight is 451 g/mol. The molecule has 2 amide bonds. The number of carbonyl (C=O) groups is 1. The Kier molecular flexibility index (Phi) is 6.08. The van der Waals surface area contributed by atoms with Crippen LogP contribution in [0.5, 0.6) is 0 Å². The molecule has 0 unspecified atom stereocenters. The van der Waals surface area contributed by atoms with Gasteiger partial charge >= 0.3 is 6.03 Å². The minimum atomic E-state index is -0.246. The molecule has 0 saturated carbocycles. The van der Waals surface area contributed by atoms with Gasteiger partial charge in [0.05, 0.1) is 5.52 Å². The number of anilines is 1. The summed E-state index contributed by atoms with van der Waals surface area (Å²) >= 11 is 1.68. The van der Waals surface area contributed by atoms with E-state index in [1.54, 1.807) is 24.3 Å². The quantitative estimate of drug-likeness (QED) is 0.307. The predicted octanol–water partition coefficient (Wildman–Crippen LogP) is 6.58. The van der Waals surface area contributed by atoms with Crippen LogP contribution in [0.15, 0.2) is 114 Å². The van der Waals surface area contributed by atoms with E-state index >= 15 is 0 Å². The normalized spacial score (nSPS) is 10.8. The van der Waals surface area contributed by atoms with E-state index in [9.17, 15) is 4.79 Å². The molecule has 0 atom stereocenters. The number of fused-ring (bicyclic) bond motifs is 1. The molecule has 3 aromatic carbocycles. The largest absolute Gasteiger partial charge is 0.334 e. The lowest BCUT2D eigenvalue weighted by atomic mass is 10.1. The minimum absolute atomic E-state index is 0.246. The van der Waals surface area contributed by atoms with Gasteiger partial charge in [-0.05, 0) is 65.0 Å². The van der Waals surface area contributed by atoms with Crippen molar-refractivity contribution in [3.63, 3.8) is 0 Å². The summed E-state index contributed by atoms with van der Waals surface area (Å²) in [6, 6.07) is 30.4. The van der Waals surface area contributed by atoms with Gasteiger partial charge in [0.2, 0.25) is 0 Å². The van der Waals surface area contributed by atoms with Crippen molar-refractivity contribution >= 4 is 34.6 Å². The van der Waals surface area contributed by atoms with Gasteiger partial charge in [-0.25, -0.2) is 4.79 Å². The second-order valence-electron chi connectivity index (χ2n) is 7.54. The van der Waals surface area contributed by atoms with Gasteiger partial charge in [-0.15, -0.1) is 0 Å². The van der Waals surface area contributed by atoms with Crippen molar-refractivity contribution in [1.29, 1.82) is 0 Å². The topological polar surface area (TPSA) is 59.0 Å². The molecule has 5 aromatic rings. The van der Waals surface area contributed by atoms with Gasteiger partial charge < -0.3 is 10.6 Å². The Morgan fingerprint density at radius 2 is 1.76 bits per heavy atom. The average Bonchev–Trinajstić information content (AvgIpc) is 3.26. The van der Waals surface area contributed by atoms with Crippen LogP contribution in [-0.2, 0) is 6.54 Å². The molecular formula is C27H22N4OS. The lowest BCUT2D eigenvalue weighted by Crippen LogP contribution is -2.28. The number of benzene rings is 3. The molecule has 33 heavy (non-hydrogen) atoms. The molecule has 0 radical (unpaired) electrons. The Morgan fingerprint density at radius 1 is 0.909 bits per heavy atom. The maximum atomic E-state index is 12.3. The molecule has 0 saturated heterocycles. The summed E-state index contributed by atoms with van der Waals surface area (Å²) in [5, 5.41) is 6.82. The van der Waals surface area contributed by atoms with Crippen LogP contribution in [-0.4, -0.2) is 15.0 Å². The standard InChI is InChI=1S/C27H22N4OS/c32-27(29-19-20-7-6-15-28-18-20)30-23-12-13-25-22(17-23)14-16-31(25)33-26-11-5-4-10-24(26)21-8-2-1-3-9-21/h1-18H,19H2,(H2,29,30,32). The predicted molar refractivity (Wildman–Crippen MR) is 135 cm³/mol. The van der Waals surface area contributed by atoms with Crippen LogP contribution in [0.25, 0.3) is 22.0 Å². The fourth-order valence-electron chi connectivity index (χ4n) is 3.64. The molecule has 162 valence electrons. The zero-order valence-electron chi connectivity index (χ0n) is 17.8. The van der Waals surface area contributed by atoms with Crippen LogP contribution in [0.1, 0.15) is 5.56 Å². The van der Waals surface area contributed by atoms with Crippen molar-refractivity contribution in [1.82, 2.24) is 14.3 Å². The Bertz CT molecular complexity index is 1380. The van der Waals surface area contributed by atoms with Crippen molar-refractivity contribution in [2.45, 2.75) is 11.4 Å². The van der Waals surface area contributed by atoms with Crippen molar-refractivity contribution < 1.29 is 4.79 Å². The Hall–Kier alpha value is -4.03. The number of hydrogen-bond acceptors (Lipinski definition) is 3. The molecule has 2 N–H and O–H groups in total. The summed E-state index contributed by atoms with van der Waals surface area (Å²) in [6.07, 6.45) is 5.51. The van der Waals surface area contributed by atoms with Crippen molar-refractivity contribution in [3.8, 4) is 11.1 Å². The number of urea groups is 1. The van der Waals surface area contributed by atoms with E-state index < -0.39 is 0 Å². The SMILES string of the molecule is O=C(NCc1cccnc1)Nc1ccc2c(ccn2Sc2ccccc2-c2ccccc2)c1. The highest BCUT2D eigenvalue weighted by atomic mass is 32.2. The minimum Gasteiger partial charge on any atom is -0.334 e. The van der Waals surface area contributed by atoms with Crippen LogP contribution in [0.3, 0.4) is 0 Å². The third-order valence-corrected chi connectivity index (χ3v) is 6.32. The molecular weight excluding hydrogens is 428 g/mol. The highest BCUT2D eigenvalue weighted by molar-refractivity contribution is 7.98. The smallest absolute Gasteiger partial charge is 0.319 e. The summed E-state index contributed by atoms with van der Waals surface area (Å²) in [7, 11) is 0. The number of nitrogens with one attached hydrogen (secondary N) is 2. The Morgan fingerprint density at radius 3 is 2.61 bits per heavy atom. The first-order valence-electron chi connectivity index (χ1n) is 10.6. The molecule has 6 heteroatoms. The molecule has 0 spiro atoms. The summed E-state index contributed by atoms with van der Waals surface area (Å²) in [5.41, 5.74) is 5.19. The molecule has 0 fully saturated rings. The molecule has 0 aliphatic carbocycles. The zero-order valence-corrected chi connectivity index (χ0v) is 18.6. The molecule has 0 aliphatic rings. The van der Waals surface area contributed by atoms with Crippen LogP contribution in [0.2, 0.25) is 0 Å². The number of pyridine rings is 1. The van der Waals surface area contributed by atoms with E-state index in [0.29, 0.717) is 6.54 Å². The summed E-state index contributed by atoms with van der Waals surface area (Å²) in [6.45, 7) is 0.426. The van der Waals surface area contributed by atoms with Gasteiger partial charge in [0, 0.05) is 41.1 Å². The van der Waals surface area contributed by atoms with E-state index in [1.807, 2.05) is 36.4 Å². The van der Waals surface area contributed by atoms with Gasteiger partial charge in [0.15, 0.2) is 0 Å². The van der Waals surface area contributed by atoms with Gasteiger partial charge in [-0.1, -0.05) is 54.6 Å². The number of aromatic nitrogens is 2. The van der Waals surface area contributed by atoms with E-state index in [-0.39, 0.29) is 6.03 Å². The molecule has 5 rings (SSSR count). The maximum absolute atomic E-state index is 12.3. The number of amides is 2. The van der Waals surface area contributed by atoms with Crippen molar-refractivity contribution in [3.05, 3.63) is 115 Å². The van der Waals surface area contributed by atoms with Crippen molar-refractivity contribution in [2.75, 3.05) is 5.32 Å². The van der Waals surface area contributed by atoms with E-state index in [1.165, 1.54) is 16.0 Å². The van der Waals surface area contributed by atoms with Crippen LogP contribution >= 0.6 is 11.9 Å². The molecule has 0 aliphatic heterocycles. The summed E-state index contributed by atoms with van der Waals surface area (Å²) < 4.78 is 2.16. The van der Waals surface area contributed by atoms with Gasteiger partial charge in [-0.2, -0.15) is 0 Å². The monoisotopic (exact) mass is 450 g/mol. The van der Waals surface area contributed by atoms with E-state index in [2.05, 4.69) is 80.4 Å². The van der Waals surface area contributed by atoms with E-state index in [0.717, 1.165) is 22.2 Å². The Balaban J connectivity index is 1.31. The summed E-state index contributed by atoms with van der Waals surface area (Å²) in [4.78, 5) is 17.5. The van der Waals surface area contributed by atoms with Crippen LogP contribution in [0, 0.1) is 0 Å². The first kappa shape index (κ1) is 20.8. The molecule has 0 bridgehead atoms. The van der Waals surface area contributed by atoms with Crippen LogP contribution in [0.4, 0.5) is 10.5 Å². The maximum Gasteiger partial charge on any atom is 0.319 e. The van der Waals surface area contributed by atoms with Gasteiger partial charge in [0.25, 0.3) is 0 Å². The highest BCUT2D eigenvalue weighted by Crippen LogP contribution is 2.34. The molecule has 2 heterocycles. The number of nitrogens with zero attached hydrogens (tertiary/aromatic N) is 2. The first-order chi connectivity index (χ1) is 16.3. The first-order valence-corrected chi connectivity index (χ1v) is 11.4. The van der Waals surface area contributed by atoms with Gasteiger partial charge in [0.1, 0.15) is 0 Å².